The molecule has 0 spiro atoms. The van der Waals surface area contributed by atoms with E-state index >= 15 is 0 Å². The minimum atomic E-state index is 0.213. The highest BCUT2D eigenvalue weighted by molar-refractivity contribution is 6.88. The molecule has 0 aliphatic carbocycles. The zero-order chi connectivity index (χ0) is 5.15. The van der Waals surface area contributed by atoms with Crippen molar-refractivity contribution in [2.24, 2.45) is 5.73 Å². The Balaban J connectivity index is 3.26. The molecule has 0 heterocycles. The van der Waals surface area contributed by atoms with Crippen LogP contribution in [0.2, 0.25) is 13.6 Å². The van der Waals surface area contributed by atoms with Crippen molar-refractivity contribution in [1.29, 1.82) is 5.41 Å². The zero-order valence-corrected chi connectivity index (χ0v) is 4.15. The molecule has 34 valence electrons. The Bertz CT molecular complexity index is 59.8. The number of nitrogens with one attached hydrogen (secondary N) is 1. The summed E-state index contributed by atoms with van der Waals surface area (Å²) in [6, 6.07) is 0. The summed E-state index contributed by atoms with van der Waals surface area (Å²) in [5, 5.41) is 6.73. The van der Waals surface area contributed by atoms with Crippen LogP contribution in [0.3, 0.4) is 0 Å². The molecule has 0 radical (unpaired) electrons. The third-order valence-corrected chi connectivity index (χ3v) is 0.622. The van der Waals surface area contributed by atoms with Gasteiger partial charge in [0, 0.05) is 5.73 Å². The summed E-state index contributed by atoms with van der Waals surface area (Å²) in [7, 11) is 0. The Morgan fingerprint density at radius 3 is 1.83 bits per heavy atom. The quantitative estimate of drug-likeness (QED) is 0.266. The van der Waals surface area contributed by atoms with Gasteiger partial charge >= 0.3 is 0 Å². The molecule has 0 unspecified atom stereocenters. The van der Waals surface area contributed by atoms with Crippen molar-refractivity contribution >= 4 is 12.4 Å². The van der Waals surface area contributed by atoms with E-state index < -0.39 is 0 Å². The predicted molar refractivity (Wildman–Crippen MR) is 29.4 cm³/mol. The van der Waals surface area contributed by atoms with Crippen molar-refractivity contribution < 1.29 is 0 Å². The van der Waals surface area contributed by atoms with Crippen LogP contribution in [-0.4, -0.2) is 12.4 Å². The monoisotopic (exact) mass is 84.1 g/mol. The van der Waals surface area contributed by atoms with E-state index in [9.17, 15) is 0 Å². The maximum absolute atomic E-state index is 6.73. The molecule has 0 aromatic carbocycles. The first-order valence-electron chi connectivity index (χ1n) is 1.98. The van der Waals surface area contributed by atoms with Crippen molar-refractivity contribution in [1.82, 2.24) is 0 Å². The van der Waals surface area contributed by atoms with Crippen molar-refractivity contribution in [3.63, 3.8) is 0 Å². The van der Waals surface area contributed by atoms with Gasteiger partial charge in [-0.3, -0.25) is 5.41 Å². The maximum Gasteiger partial charge on any atom is 0.214 e. The highest BCUT2D eigenvalue weighted by Crippen LogP contribution is 1.72. The van der Waals surface area contributed by atoms with Crippen molar-refractivity contribution in [2.75, 3.05) is 0 Å². The molecule has 0 aliphatic heterocycles. The van der Waals surface area contributed by atoms with E-state index in [2.05, 4.69) is 0 Å². The van der Waals surface area contributed by atoms with E-state index in [1.165, 1.54) is 0 Å². The van der Waals surface area contributed by atoms with Crippen LogP contribution in [0.1, 0.15) is 0 Å². The van der Waals surface area contributed by atoms with Gasteiger partial charge in [0.15, 0.2) is 0 Å². The lowest BCUT2D eigenvalue weighted by Gasteiger charge is -1.90. The Morgan fingerprint density at radius 2 is 1.83 bits per heavy atom. The molecule has 3 heteroatoms. The molecule has 0 amide bonds. The molecule has 3 N–H and O–H groups in total. The normalized spacial score (nSPS) is 7.67. The molecular formula is C3H9BN2. The summed E-state index contributed by atoms with van der Waals surface area (Å²) < 4.78 is 0. The van der Waals surface area contributed by atoms with Gasteiger partial charge in [-0.2, -0.15) is 0 Å². The van der Waals surface area contributed by atoms with Crippen LogP contribution in [0.5, 0.6) is 0 Å². The molecular weight excluding hydrogens is 74.9 g/mol. The summed E-state index contributed by atoms with van der Waals surface area (Å²) in [6.45, 7) is 4.00. The van der Waals surface area contributed by atoms with Crippen LogP contribution < -0.4 is 5.73 Å². The molecule has 0 fully saturated rings. The second-order valence-corrected chi connectivity index (χ2v) is 1.61. The topological polar surface area (TPSA) is 49.9 Å². The van der Waals surface area contributed by atoms with Gasteiger partial charge in [-0.25, -0.2) is 0 Å². The summed E-state index contributed by atoms with van der Waals surface area (Å²) >= 11 is 0. The Morgan fingerprint density at radius 1 is 1.67 bits per heavy atom. The minimum Gasteiger partial charge on any atom is -0.396 e. The lowest BCUT2D eigenvalue weighted by molar-refractivity contribution is 1.49. The smallest absolute Gasteiger partial charge is 0.214 e. The van der Waals surface area contributed by atoms with Crippen LogP contribution in [-0.2, 0) is 0 Å². The van der Waals surface area contributed by atoms with E-state index in [1.54, 1.807) is 0 Å². The Kier molecular flexibility index (Phi) is 1.71. The van der Waals surface area contributed by atoms with Crippen molar-refractivity contribution in [3.8, 4) is 0 Å². The summed E-state index contributed by atoms with van der Waals surface area (Å²) in [5.74, 6) is 0. The first kappa shape index (κ1) is 5.53. The lowest BCUT2D eigenvalue weighted by atomic mass is 9.54. The van der Waals surface area contributed by atoms with E-state index in [0.717, 1.165) is 0 Å². The van der Waals surface area contributed by atoms with Gasteiger partial charge < -0.3 is 5.73 Å². The van der Waals surface area contributed by atoms with Crippen LogP contribution in [0.25, 0.3) is 0 Å². The molecule has 0 saturated heterocycles. The van der Waals surface area contributed by atoms with Gasteiger partial charge in [-0.1, -0.05) is 13.6 Å². The van der Waals surface area contributed by atoms with E-state index in [1.807, 2.05) is 13.6 Å². The summed E-state index contributed by atoms with van der Waals surface area (Å²) in [6.07, 6.45) is 0. The lowest BCUT2D eigenvalue weighted by Crippen LogP contribution is -2.25. The fraction of sp³-hybridized carbons (Fsp3) is 0.667. The van der Waals surface area contributed by atoms with E-state index in [0.29, 0.717) is 0 Å². The molecule has 0 aromatic rings. The Hall–Kier alpha value is -0.465. The molecule has 0 atom stereocenters. The summed E-state index contributed by atoms with van der Waals surface area (Å²) in [4.78, 5) is 0. The van der Waals surface area contributed by atoms with Crippen molar-refractivity contribution in [3.05, 3.63) is 0 Å². The van der Waals surface area contributed by atoms with E-state index in [4.69, 9.17) is 11.1 Å². The van der Waals surface area contributed by atoms with Gasteiger partial charge in [-0.15, -0.1) is 0 Å². The molecule has 0 bridgehead atoms. The number of rotatable bonds is 1. The second kappa shape index (κ2) is 1.85. The number of hydrogen-bond acceptors (Lipinski definition) is 1. The molecule has 0 rings (SSSR count). The molecule has 0 aliphatic rings. The SMILES string of the molecule is CB(C)C(=N)N. The van der Waals surface area contributed by atoms with Gasteiger partial charge in [0.05, 0.1) is 0 Å². The number of nitrogens with two attached hydrogens (primary N) is 1. The van der Waals surface area contributed by atoms with Crippen LogP contribution in [0.4, 0.5) is 0 Å². The first-order chi connectivity index (χ1) is 2.64. The average Bonchev–Trinajstić information content (AvgIpc) is 1.36. The molecule has 2 nitrogen and oxygen atoms in total. The highest BCUT2D eigenvalue weighted by Gasteiger charge is 1.97. The fourth-order valence-electron chi connectivity index (χ4n) is 0. The maximum atomic E-state index is 6.73. The largest absolute Gasteiger partial charge is 0.396 e. The predicted octanol–water partition coefficient (Wildman–Crippen LogP) is 0.216. The third-order valence-electron chi connectivity index (χ3n) is 0.622. The standard InChI is InChI=1S/C3H9BN2/c1-4(2)3(5)6/h1-2H3,(H3,5,6). The third kappa shape index (κ3) is 1.82. The fourth-order valence-corrected chi connectivity index (χ4v) is 0. The zero-order valence-electron chi connectivity index (χ0n) is 4.15. The van der Waals surface area contributed by atoms with Crippen LogP contribution in [0, 0.1) is 5.41 Å². The Labute approximate surface area is 38.3 Å². The number of hydrogen-bond donors (Lipinski definition) is 2. The van der Waals surface area contributed by atoms with Crippen LogP contribution >= 0.6 is 0 Å². The number of amidine groups is 1. The van der Waals surface area contributed by atoms with E-state index in [-0.39, 0.29) is 12.4 Å². The minimum absolute atomic E-state index is 0.213. The van der Waals surface area contributed by atoms with Gasteiger partial charge in [-0.05, 0) is 0 Å². The summed E-state index contributed by atoms with van der Waals surface area (Å²) in [5.41, 5.74) is 5.28. The first-order valence-corrected chi connectivity index (χ1v) is 1.98. The van der Waals surface area contributed by atoms with Gasteiger partial charge in [0.1, 0.15) is 0 Å². The van der Waals surface area contributed by atoms with Gasteiger partial charge in [0.2, 0.25) is 6.71 Å². The molecule has 0 saturated carbocycles. The molecule has 6 heavy (non-hydrogen) atoms. The van der Waals surface area contributed by atoms with Gasteiger partial charge in [0.25, 0.3) is 0 Å². The average molecular weight is 83.9 g/mol. The molecule has 0 aromatic heterocycles. The highest BCUT2D eigenvalue weighted by atomic mass is 14.7. The second-order valence-electron chi connectivity index (χ2n) is 1.61. The van der Waals surface area contributed by atoms with Crippen LogP contribution in [0.15, 0.2) is 0 Å². The van der Waals surface area contributed by atoms with Crippen molar-refractivity contribution in [2.45, 2.75) is 13.6 Å².